The number of carbonyl (C=O) groups excluding carboxylic acids is 2. The zero-order valence-electron chi connectivity index (χ0n) is 15.5. The van der Waals surface area contributed by atoms with Gasteiger partial charge in [0.25, 0.3) is 15.9 Å². The predicted molar refractivity (Wildman–Crippen MR) is 104 cm³/mol. The zero-order valence-corrected chi connectivity index (χ0v) is 16.3. The number of halogens is 1. The van der Waals surface area contributed by atoms with Crippen LogP contribution in [0.2, 0.25) is 0 Å². The molecule has 0 unspecified atom stereocenters. The van der Waals surface area contributed by atoms with E-state index in [-0.39, 0.29) is 41.4 Å². The quantitative estimate of drug-likeness (QED) is 0.624. The summed E-state index contributed by atoms with van der Waals surface area (Å²) in [6.45, 7) is 3.89. The van der Waals surface area contributed by atoms with Gasteiger partial charge in [-0.15, -0.1) is 0 Å². The van der Waals surface area contributed by atoms with Gasteiger partial charge in [-0.1, -0.05) is 0 Å². The fourth-order valence-corrected chi connectivity index (χ4v) is 3.36. The highest BCUT2D eigenvalue weighted by molar-refractivity contribution is 7.92. The summed E-state index contributed by atoms with van der Waals surface area (Å²) < 4.78 is 39.8. The molecule has 0 aromatic heterocycles. The van der Waals surface area contributed by atoms with E-state index in [1.165, 1.54) is 24.3 Å². The van der Waals surface area contributed by atoms with Gasteiger partial charge in [0.2, 0.25) is 5.91 Å². The molecule has 0 bridgehead atoms. The van der Waals surface area contributed by atoms with Gasteiger partial charge in [0, 0.05) is 30.3 Å². The average Bonchev–Trinajstić information content (AvgIpc) is 2.61. The van der Waals surface area contributed by atoms with Gasteiger partial charge in [-0.2, -0.15) is 0 Å². The summed E-state index contributed by atoms with van der Waals surface area (Å²) in [5.74, 6) is -1.05. The Labute approximate surface area is 163 Å². The van der Waals surface area contributed by atoms with Crippen molar-refractivity contribution in [1.29, 1.82) is 0 Å². The molecule has 2 amide bonds. The Hall–Kier alpha value is -2.94. The van der Waals surface area contributed by atoms with Gasteiger partial charge in [-0.05, 0) is 62.4 Å². The minimum absolute atomic E-state index is 0.0365. The number of hydrogen-bond acceptors (Lipinski definition) is 4. The monoisotopic (exact) mass is 407 g/mol. The average molecular weight is 407 g/mol. The van der Waals surface area contributed by atoms with Gasteiger partial charge in [-0.3, -0.25) is 14.3 Å². The molecule has 0 aliphatic heterocycles. The molecule has 9 heteroatoms. The molecule has 0 spiro atoms. The van der Waals surface area contributed by atoms with Gasteiger partial charge in [0.15, 0.2) is 0 Å². The van der Waals surface area contributed by atoms with Crippen molar-refractivity contribution >= 4 is 27.5 Å². The van der Waals surface area contributed by atoms with Gasteiger partial charge >= 0.3 is 0 Å². The van der Waals surface area contributed by atoms with Crippen LogP contribution >= 0.6 is 0 Å². The predicted octanol–water partition coefficient (Wildman–Crippen LogP) is 2.27. The Kier molecular flexibility index (Phi) is 7.11. The standard InChI is InChI=1S/C19H22FN3O4S/c1-13(2)22-18(24)11-12-21-19(25)14-3-7-16(8-4-14)23-28(26,27)17-9-5-15(20)6-10-17/h3-10,13,23H,11-12H2,1-2H3,(H,21,25)(H,22,24). The molecule has 0 heterocycles. The number of amides is 2. The largest absolute Gasteiger partial charge is 0.354 e. The second kappa shape index (κ2) is 9.32. The highest BCUT2D eigenvalue weighted by Gasteiger charge is 2.14. The maximum atomic E-state index is 12.9. The number of nitrogens with one attached hydrogen (secondary N) is 3. The van der Waals surface area contributed by atoms with Crippen molar-refractivity contribution in [1.82, 2.24) is 10.6 Å². The number of anilines is 1. The molecule has 150 valence electrons. The van der Waals surface area contributed by atoms with Crippen molar-refractivity contribution in [2.24, 2.45) is 0 Å². The van der Waals surface area contributed by atoms with E-state index in [9.17, 15) is 22.4 Å². The molecule has 2 rings (SSSR count). The second-order valence-corrected chi connectivity index (χ2v) is 8.05. The van der Waals surface area contributed by atoms with E-state index in [1.807, 2.05) is 13.8 Å². The first-order valence-corrected chi connectivity index (χ1v) is 10.1. The summed E-state index contributed by atoms with van der Waals surface area (Å²) >= 11 is 0. The lowest BCUT2D eigenvalue weighted by Gasteiger charge is -2.10. The summed E-state index contributed by atoms with van der Waals surface area (Å²) in [7, 11) is -3.86. The van der Waals surface area contributed by atoms with Crippen LogP contribution in [0, 0.1) is 5.82 Å². The molecule has 0 saturated carbocycles. The fraction of sp³-hybridized carbons (Fsp3) is 0.263. The summed E-state index contributed by atoms with van der Waals surface area (Å²) in [6, 6.07) is 10.3. The van der Waals surface area contributed by atoms with Gasteiger partial charge in [0.1, 0.15) is 5.82 Å². The highest BCUT2D eigenvalue weighted by atomic mass is 32.2. The van der Waals surface area contributed by atoms with E-state index in [4.69, 9.17) is 0 Å². The summed E-state index contributed by atoms with van der Waals surface area (Å²) in [6.07, 6.45) is 0.166. The number of rotatable bonds is 8. The normalized spacial score (nSPS) is 11.1. The Morgan fingerprint density at radius 2 is 1.61 bits per heavy atom. The number of hydrogen-bond donors (Lipinski definition) is 3. The van der Waals surface area contributed by atoms with Crippen LogP contribution in [0.4, 0.5) is 10.1 Å². The first kappa shape index (κ1) is 21.4. The Bertz CT molecular complexity index is 927. The minimum Gasteiger partial charge on any atom is -0.354 e. The van der Waals surface area contributed by atoms with Crippen LogP contribution in [0.25, 0.3) is 0 Å². The van der Waals surface area contributed by atoms with Crippen molar-refractivity contribution < 1.29 is 22.4 Å². The first-order chi connectivity index (χ1) is 13.2. The van der Waals surface area contributed by atoms with E-state index in [0.29, 0.717) is 5.56 Å². The van der Waals surface area contributed by atoms with E-state index in [1.54, 1.807) is 0 Å². The Morgan fingerprint density at radius 1 is 1.00 bits per heavy atom. The van der Waals surface area contributed by atoms with Crippen LogP contribution in [0.1, 0.15) is 30.6 Å². The maximum absolute atomic E-state index is 12.9. The van der Waals surface area contributed by atoms with E-state index < -0.39 is 15.8 Å². The third-order valence-corrected chi connectivity index (χ3v) is 5.01. The lowest BCUT2D eigenvalue weighted by Crippen LogP contribution is -2.34. The number of sulfonamides is 1. The van der Waals surface area contributed by atoms with Crippen molar-refractivity contribution in [3.05, 3.63) is 59.9 Å². The third-order valence-electron chi connectivity index (χ3n) is 3.61. The van der Waals surface area contributed by atoms with Crippen molar-refractivity contribution in [2.75, 3.05) is 11.3 Å². The van der Waals surface area contributed by atoms with Crippen LogP contribution in [-0.2, 0) is 14.8 Å². The molecule has 2 aromatic carbocycles. The lowest BCUT2D eigenvalue weighted by atomic mass is 10.2. The number of carbonyl (C=O) groups is 2. The highest BCUT2D eigenvalue weighted by Crippen LogP contribution is 2.17. The minimum atomic E-state index is -3.86. The van der Waals surface area contributed by atoms with Crippen LogP contribution < -0.4 is 15.4 Å². The van der Waals surface area contributed by atoms with E-state index >= 15 is 0 Å². The van der Waals surface area contributed by atoms with Gasteiger partial charge < -0.3 is 10.6 Å². The molecular weight excluding hydrogens is 385 g/mol. The van der Waals surface area contributed by atoms with Gasteiger partial charge in [0.05, 0.1) is 4.90 Å². The van der Waals surface area contributed by atoms with Gasteiger partial charge in [-0.25, -0.2) is 12.8 Å². The SMILES string of the molecule is CC(C)NC(=O)CCNC(=O)c1ccc(NS(=O)(=O)c2ccc(F)cc2)cc1. The molecule has 28 heavy (non-hydrogen) atoms. The molecular formula is C19H22FN3O4S. The van der Waals surface area contributed by atoms with Crippen molar-refractivity contribution in [2.45, 2.75) is 31.2 Å². The molecule has 3 N–H and O–H groups in total. The van der Waals surface area contributed by atoms with Crippen LogP contribution in [-0.4, -0.2) is 32.8 Å². The molecule has 0 fully saturated rings. The smallest absolute Gasteiger partial charge is 0.261 e. The fourth-order valence-electron chi connectivity index (χ4n) is 2.30. The first-order valence-electron chi connectivity index (χ1n) is 8.63. The molecule has 0 radical (unpaired) electrons. The lowest BCUT2D eigenvalue weighted by molar-refractivity contribution is -0.121. The second-order valence-electron chi connectivity index (χ2n) is 6.36. The topological polar surface area (TPSA) is 104 Å². The third kappa shape index (κ3) is 6.34. The Balaban J connectivity index is 1.92. The molecule has 0 aliphatic carbocycles. The molecule has 2 aromatic rings. The summed E-state index contributed by atoms with van der Waals surface area (Å²) in [5, 5.41) is 5.35. The van der Waals surface area contributed by atoms with E-state index in [0.717, 1.165) is 24.3 Å². The maximum Gasteiger partial charge on any atom is 0.261 e. The zero-order chi connectivity index (χ0) is 20.7. The van der Waals surface area contributed by atoms with E-state index in [2.05, 4.69) is 15.4 Å². The molecule has 0 aliphatic rings. The van der Waals surface area contributed by atoms with Crippen LogP contribution in [0.5, 0.6) is 0 Å². The van der Waals surface area contributed by atoms with Crippen LogP contribution in [0.15, 0.2) is 53.4 Å². The summed E-state index contributed by atoms with van der Waals surface area (Å²) in [4.78, 5) is 23.5. The van der Waals surface area contributed by atoms with Crippen molar-refractivity contribution in [3.63, 3.8) is 0 Å². The summed E-state index contributed by atoms with van der Waals surface area (Å²) in [5.41, 5.74) is 0.589. The number of benzene rings is 2. The molecule has 7 nitrogen and oxygen atoms in total. The van der Waals surface area contributed by atoms with Crippen LogP contribution in [0.3, 0.4) is 0 Å². The Morgan fingerprint density at radius 3 is 2.18 bits per heavy atom. The molecule has 0 saturated heterocycles. The van der Waals surface area contributed by atoms with Crippen molar-refractivity contribution in [3.8, 4) is 0 Å². The molecule has 0 atom stereocenters.